The minimum atomic E-state index is -0.767. The van der Waals surface area contributed by atoms with Gasteiger partial charge in [-0.3, -0.25) is 0 Å². The summed E-state index contributed by atoms with van der Waals surface area (Å²) in [5.74, 6) is 0.980. The maximum atomic E-state index is 15.7. The highest BCUT2D eigenvalue weighted by molar-refractivity contribution is 5.87. The zero-order valence-electron chi connectivity index (χ0n) is 25.1. The fourth-order valence-corrected chi connectivity index (χ4v) is 6.49. The number of hydrogen-bond acceptors (Lipinski definition) is 6. The van der Waals surface area contributed by atoms with E-state index in [1.54, 1.807) is 42.7 Å². The van der Waals surface area contributed by atoms with Crippen molar-refractivity contribution >= 4 is 10.8 Å². The third kappa shape index (κ3) is 6.52. The average molecular weight is 601 g/mol. The summed E-state index contributed by atoms with van der Waals surface area (Å²) in [6.45, 7) is 7.34. The first kappa shape index (κ1) is 30.3. The number of aryl methyl sites for hydroxylation is 2. The van der Waals surface area contributed by atoms with Gasteiger partial charge in [0.25, 0.3) is 0 Å². The van der Waals surface area contributed by atoms with Crippen LogP contribution in [0.25, 0.3) is 21.9 Å². The smallest absolute Gasteiger partial charge is 0.346 e. The molecule has 1 aliphatic carbocycles. The van der Waals surface area contributed by atoms with Crippen LogP contribution in [-0.2, 0) is 22.3 Å². The van der Waals surface area contributed by atoms with E-state index in [2.05, 4.69) is 23.5 Å². The molecule has 2 aliphatic rings. The molecule has 3 heterocycles. The van der Waals surface area contributed by atoms with Crippen LogP contribution in [0.2, 0.25) is 0 Å². The molecular formula is C36H38F2N2O4. The Kier molecular flexibility index (Phi) is 9.28. The summed E-state index contributed by atoms with van der Waals surface area (Å²) < 4.78 is 48.1. The van der Waals surface area contributed by atoms with Crippen molar-refractivity contribution in [3.05, 3.63) is 106 Å². The van der Waals surface area contributed by atoms with E-state index < -0.39 is 17.7 Å². The van der Waals surface area contributed by atoms with Crippen molar-refractivity contribution in [2.75, 3.05) is 13.2 Å². The Balaban J connectivity index is 1.13. The molecule has 1 saturated carbocycles. The van der Waals surface area contributed by atoms with Crippen molar-refractivity contribution in [1.82, 2.24) is 9.97 Å². The Hall–Kier alpha value is -3.75. The molecule has 0 amide bonds. The summed E-state index contributed by atoms with van der Waals surface area (Å²) in [4.78, 5) is 21.8. The summed E-state index contributed by atoms with van der Waals surface area (Å²) in [6, 6.07) is 9.79. The molecule has 4 aromatic rings. The summed E-state index contributed by atoms with van der Waals surface area (Å²) in [7, 11) is 0. The first-order valence-electron chi connectivity index (χ1n) is 15.6. The van der Waals surface area contributed by atoms with E-state index in [1.807, 2.05) is 6.08 Å². The molecule has 0 N–H and O–H groups in total. The molecule has 44 heavy (non-hydrogen) atoms. The number of aromatic nitrogens is 2. The van der Waals surface area contributed by atoms with Crippen LogP contribution in [0.15, 0.2) is 70.7 Å². The van der Waals surface area contributed by atoms with E-state index in [1.165, 1.54) is 6.07 Å². The largest absolute Gasteiger partial charge is 0.427 e. The van der Waals surface area contributed by atoms with Crippen LogP contribution in [0.1, 0.15) is 80.4 Å². The lowest BCUT2D eigenvalue weighted by Gasteiger charge is -2.29. The Morgan fingerprint density at radius 3 is 2.41 bits per heavy atom. The molecule has 0 atom stereocenters. The summed E-state index contributed by atoms with van der Waals surface area (Å²) in [6.07, 6.45) is 11.7. The van der Waals surface area contributed by atoms with E-state index >= 15 is 8.78 Å². The molecule has 2 aromatic heterocycles. The van der Waals surface area contributed by atoms with E-state index in [9.17, 15) is 4.79 Å². The van der Waals surface area contributed by atoms with Crippen LogP contribution >= 0.6 is 0 Å². The third-order valence-electron chi connectivity index (χ3n) is 9.03. The topological polar surface area (TPSA) is 74.5 Å². The highest BCUT2D eigenvalue weighted by atomic mass is 19.1. The molecule has 1 saturated heterocycles. The number of allylic oxidation sites excluding steroid dienone is 1. The van der Waals surface area contributed by atoms with Crippen LogP contribution in [0.5, 0.6) is 0 Å². The molecule has 0 spiro atoms. The van der Waals surface area contributed by atoms with Crippen LogP contribution in [0.3, 0.4) is 0 Å². The fraction of sp³-hybridized carbons (Fsp3) is 0.417. The average Bonchev–Trinajstić information content (AvgIpc) is 3.04. The Morgan fingerprint density at radius 2 is 1.73 bits per heavy atom. The lowest BCUT2D eigenvalue weighted by atomic mass is 9.78. The standard InChI is InChI=1S/C36H38F2N2O4/c1-3-5-23-20-42-36(43-21-23)27-18-39-32(40-19-27)15-12-28-16-26-11-14-30(34(38)33(26)35(41)44-28)25-10-13-29(31(37)17-25)24-8-6-22(4-2)7-9-24/h4,10-11,13-14,16-19,22-24,36H,2-3,5-9,12,15,20-21H2,1H3. The molecule has 0 unspecified atom stereocenters. The van der Waals surface area contributed by atoms with Gasteiger partial charge in [-0.1, -0.05) is 43.7 Å². The van der Waals surface area contributed by atoms with Crippen molar-refractivity contribution in [2.24, 2.45) is 11.8 Å². The van der Waals surface area contributed by atoms with Gasteiger partial charge in [-0.25, -0.2) is 23.5 Å². The predicted octanol–water partition coefficient (Wildman–Crippen LogP) is 8.23. The third-order valence-corrected chi connectivity index (χ3v) is 9.03. The number of rotatable bonds is 9. The minimum absolute atomic E-state index is 0.146. The summed E-state index contributed by atoms with van der Waals surface area (Å²) >= 11 is 0. The molecular weight excluding hydrogens is 562 g/mol. The Labute approximate surface area is 256 Å². The lowest BCUT2D eigenvalue weighted by molar-refractivity contribution is -0.206. The summed E-state index contributed by atoms with van der Waals surface area (Å²) in [5, 5.41) is 0.283. The van der Waals surface area contributed by atoms with Gasteiger partial charge in [-0.2, -0.15) is 0 Å². The molecule has 2 fully saturated rings. The Bertz CT molecular complexity index is 1670. The highest BCUT2D eigenvalue weighted by Gasteiger charge is 2.25. The number of fused-ring (bicyclic) bond motifs is 1. The van der Waals surface area contributed by atoms with E-state index in [0.29, 0.717) is 66.0 Å². The normalized spacial score (nSPS) is 22.2. The van der Waals surface area contributed by atoms with E-state index in [4.69, 9.17) is 13.9 Å². The number of ether oxygens (including phenoxy) is 2. The van der Waals surface area contributed by atoms with E-state index in [-0.39, 0.29) is 22.7 Å². The van der Waals surface area contributed by atoms with Crippen molar-refractivity contribution in [3.8, 4) is 11.1 Å². The van der Waals surface area contributed by atoms with Crippen LogP contribution in [-0.4, -0.2) is 23.2 Å². The molecule has 6 rings (SSSR count). The van der Waals surface area contributed by atoms with Crippen molar-refractivity contribution in [3.63, 3.8) is 0 Å². The second-order valence-electron chi connectivity index (χ2n) is 12.1. The number of hydrogen-bond donors (Lipinski definition) is 0. The molecule has 230 valence electrons. The monoisotopic (exact) mass is 600 g/mol. The second-order valence-corrected chi connectivity index (χ2v) is 12.1. The van der Waals surface area contributed by atoms with Gasteiger partial charge in [0.05, 0.1) is 13.2 Å². The van der Waals surface area contributed by atoms with Gasteiger partial charge in [0.15, 0.2) is 6.29 Å². The first-order chi connectivity index (χ1) is 21.4. The highest BCUT2D eigenvalue weighted by Crippen LogP contribution is 2.38. The van der Waals surface area contributed by atoms with Crippen molar-refractivity contribution in [1.29, 1.82) is 0 Å². The predicted molar refractivity (Wildman–Crippen MR) is 165 cm³/mol. The van der Waals surface area contributed by atoms with Gasteiger partial charge in [-0.15, -0.1) is 6.58 Å². The molecule has 6 nitrogen and oxygen atoms in total. The molecule has 0 bridgehead atoms. The molecule has 8 heteroatoms. The van der Waals surface area contributed by atoms with Crippen molar-refractivity contribution in [2.45, 2.75) is 70.5 Å². The lowest BCUT2D eigenvalue weighted by Crippen LogP contribution is -2.27. The summed E-state index contributed by atoms with van der Waals surface area (Å²) in [5.41, 5.74) is 1.21. The van der Waals surface area contributed by atoms with Crippen LogP contribution in [0.4, 0.5) is 8.78 Å². The maximum Gasteiger partial charge on any atom is 0.346 e. The fourth-order valence-electron chi connectivity index (χ4n) is 6.49. The van der Waals surface area contributed by atoms with Crippen LogP contribution in [0, 0.1) is 23.5 Å². The van der Waals surface area contributed by atoms with Gasteiger partial charge in [0, 0.05) is 42.3 Å². The van der Waals surface area contributed by atoms with Crippen molar-refractivity contribution < 1.29 is 22.7 Å². The van der Waals surface area contributed by atoms with Gasteiger partial charge >= 0.3 is 5.63 Å². The number of nitrogens with zero attached hydrogens (tertiary/aromatic N) is 2. The number of benzene rings is 2. The van der Waals surface area contributed by atoms with Gasteiger partial charge in [-0.05, 0) is 72.6 Å². The Morgan fingerprint density at radius 1 is 0.977 bits per heavy atom. The zero-order chi connectivity index (χ0) is 30.6. The number of halogens is 2. The van der Waals surface area contributed by atoms with Gasteiger partial charge in [0.2, 0.25) is 0 Å². The van der Waals surface area contributed by atoms with Crippen LogP contribution < -0.4 is 5.63 Å². The quantitative estimate of drug-likeness (QED) is 0.180. The van der Waals surface area contributed by atoms with Gasteiger partial charge < -0.3 is 13.9 Å². The SMILES string of the molecule is C=CC1CCC(c2ccc(-c3ccc4cc(CCc5ncc(C6OCC(CCC)CO6)cn5)oc(=O)c4c3F)cc2F)CC1. The second kappa shape index (κ2) is 13.5. The maximum absolute atomic E-state index is 15.7. The molecule has 0 radical (unpaired) electrons. The zero-order valence-corrected chi connectivity index (χ0v) is 25.1. The molecule has 2 aromatic carbocycles. The minimum Gasteiger partial charge on any atom is -0.427 e. The van der Waals surface area contributed by atoms with E-state index in [0.717, 1.165) is 44.1 Å². The van der Waals surface area contributed by atoms with Gasteiger partial charge in [0.1, 0.15) is 28.6 Å². The first-order valence-corrected chi connectivity index (χ1v) is 15.6. The molecule has 1 aliphatic heterocycles.